The molecule has 1 aromatic rings. The van der Waals surface area contributed by atoms with Crippen molar-refractivity contribution in [1.29, 1.82) is 0 Å². The number of nitrogen functional groups attached to an aromatic ring is 1. The second kappa shape index (κ2) is 5.95. The van der Waals surface area contributed by atoms with Gasteiger partial charge in [-0.05, 0) is 31.7 Å². The maximum atomic E-state index is 9.13. The van der Waals surface area contributed by atoms with Crippen LogP contribution in [0.5, 0.6) is 0 Å². The van der Waals surface area contributed by atoms with Crippen molar-refractivity contribution in [3.05, 3.63) is 16.1 Å². The number of pyridine rings is 1. The van der Waals surface area contributed by atoms with Crippen LogP contribution in [0.3, 0.4) is 0 Å². The summed E-state index contributed by atoms with van der Waals surface area (Å²) in [5.41, 5.74) is 5.74. The molecule has 1 saturated heterocycles. The maximum Gasteiger partial charge on any atom is 0.150 e. The van der Waals surface area contributed by atoms with Crippen LogP contribution in [0.2, 0.25) is 10.0 Å². The number of aliphatic hydroxyl groups excluding tert-OH is 1. The Kier molecular flexibility index (Phi) is 4.54. The second-order valence-corrected chi connectivity index (χ2v) is 5.33. The van der Waals surface area contributed by atoms with Crippen molar-refractivity contribution < 1.29 is 5.11 Å². The second-order valence-electron chi connectivity index (χ2n) is 4.52. The average Bonchev–Trinajstić information content (AvgIpc) is 2.35. The molecule has 0 radical (unpaired) electrons. The fraction of sp³-hybridized carbons (Fsp3) is 0.583. The number of piperidine rings is 1. The fourth-order valence-electron chi connectivity index (χ4n) is 2.40. The van der Waals surface area contributed by atoms with Gasteiger partial charge in [-0.1, -0.05) is 23.2 Å². The number of halogens is 2. The van der Waals surface area contributed by atoms with Crippen LogP contribution in [-0.2, 0) is 0 Å². The standard InChI is InChI=1S/C12H17Cl2N3O/c13-9-7-10(14)12(16-11(9)15)17-5-2-1-3-8(17)4-6-18/h7-8,18H,1-6H2,(H2,15,16). The molecule has 6 heteroatoms. The Labute approximate surface area is 117 Å². The smallest absolute Gasteiger partial charge is 0.150 e. The monoisotopic (exact) mass is 289 g/mol. The summed E-state index contributed by atoms with van der Waals surface area (Å²) < 4.78 is 0. The minimum absolute atomic E-state index is 0.169. The summed E-state index contributed by atoms with van der Waals surface area (Å²) in [5, 5.41) is 10.0. The van der Waals surface area contributed by atoms with Gasteiger partial charge in [0.05, 0.1) is 10.0 Å². The van der Waals surface area contributed by atoms with Gasteiger partial charge in [-0.2, -0.15) is 0 Å². The van der Waals surface area contributed by atoms with Crippen LogP contribution in [0, 0.1) is 0 Å². The molecule has 4 nitrogen and oxygen atoms in total. The number of anilines is 2. The summed E-state index contributed by atoms with van der Waals surface area (Å²) >= 11 is 12.1. The van der Waals surface area contributed by atoms with Crippen molar-refractivity contribution in [2.75, 3.05) is 23.8 Å². The molecule has 0 bridgehead atoms. The molecular weight excluding hydrogens is 273 g/mol. The van der Waals surface area contributed by atoms with Crippen LogP contribution in [0.15, 0.2) is 6.07 Å². The molecule has 1 aliphatic heterocycles. The number of aliphatic hydroxyl groups is 1. The molecule has 1 atom stereocenters. The van der Waals surface area contributed by atoms with Crippen molar-refractivity contribution in [1.82, 2.24) is 4.98 Å². The first-order valence-corrected chi connectivity index (χ1v) is 6.88. The van der Waals surface area contributed by atoms with Gasteiger partial charge in [0, 0.05) is 19.2 Å². The zero-order valence-electron chi connectivity index (χ0n) is 10.1. The van der Waals surface area contributed by atoms with Gasteiger partial charge in [0.2, 0.25) is 0 Å². The Hall–Kier alpha value is -0.710. The van der Waals surface area contributed by atoms with Gasteiger partial charge in [0.1, 0.15) is 11.6 Å². The lowest BCUT2D eigenvalue weighted by Gasteiger charge is -2.37. The third-order valence-corrected chi connectivity index (χ3v) is 3.88. The predicted octanol–water partition coefficient (Wildman–Crippen LogP) is 2.71. The van der Waals surface area contributed by atoms with E-state index in [0.29, 0.717) is 21.7 Å². The summed E-state index contributed by atoms with van der Waals surface area (Å²) in [6.07, 6.45) is 4.03. The number of rotatable bonds is 3. The first-order valence-electron chi connectivity index (χ1n) is 6.12. The number of hydrogen-bond donors (Lipinski definition) is 2. The summed E-state index contributed by atoms with van der Waals surface area (Å²) in [6.45, 7) is 1.06. The topological polar surface area (TPSA) is 62.4 Å². The molecule has 0 amide bonds. The largest absolute Gasteiger partial charge is 0.396 e. The van der Waals surface area contributed by atoms with E-state index in [2.05, 4.69) is 9.88 Å². The first-order chi connectivity index (χ1) is 8.63. The van der Waals surface area contributed by atoms with Crippen LogP contribution >= 0.6 is 23.2 Å². The number of aromatic nitrogens is 1. The zero-order chi connectivity index (χ0) is 13.1. The van der Waals surface area contributed by atoms with Crippen LogP contribution in [0.1, 0.15) is 25.7 Å². The Morgan fingerprint density at radius 2 is 2.17 bits per heavy atom. The third kappa shape index (κ3) is 2.82. The Balaban J connectivity index is 2.30. The molecule has 100 valence electrons. The van der Waals surface area contributed by atoms with E-state index in [4.69, 9.17) is 34.0 Å². The minimum atomic E-state index is 0.169. The molecule has 0 aromatic carbocycles. The van der Waals surface area contributed by atoms with Crippen LogP contribution in [-0.4, -0.2) is 29.3 Å². The van der Waals surface area contributed by atoms with Crippen molar-refractivity contribution >= 4 is 34.8 Å². The van der Waals surface area contributed by atoms with E-state index in [1.807, 2.05) is 0 Å². The fourth-order valence-corrected chi connectivity index (χ4v) is 2.87. The van der Waals surface area contributed by atoms with Gasteiger partial charge in [0.15, 0.2) is 0 Å². The average molecular weight is 290 g/mol. The molecule has 1 aliphatic rings. The molecule has 1 unspecified atom stereocenters. The van der Waals surface area contributed by atoms with Gasteiger partial charge in [-0.15, -0.1) is 0 Å². The molecule has 18 heavy (non-hydrogen) atoms. The highest BCUT2D eigenvalue weighted by atomic mass is 35.5. The molecule has 2 heterocycles. The molecule has 0 aliphatic carbocycles. The quantitative estimate of drug-likeness (QED) is 0.898. The van der Waals surface area contributed by atoms with E-state index in [-0.39, 0.29) is 12.6 Å². The normalized spacial score (nSPS) is 20.2. The van der Waals surface area contributed by atoms with Crippen LogP contribution in [0.4, 0.5) is 11.6 Å². The number of nitrogens with zero attached hydrogens (tertiary/aromatic N) is 2. The van der Waals surface area contributed by atoms with E-state index in [1.165, 1.54) is 6.42 Å². The molecule has 0 saturated carbocycles. The van der Waals surface area contributed by atoms with E-state index in [9.17, 15) is 0 Å². The lowest BCUT2D eigenvalue weighted by molar-refractivity contribution is 0.262. The lowest BCUT2D eigenvalue weighted by Crippen LogP contribution is -2.40. The van der Waals surface area contributed by atoms with Gasteiger partial charge in [0.25, 0.3) is 0 Å². The van der Waals surface area contributed by atoms with Crippen molar-refractivity contribution in [3.8, 4) is 0 Å². The first kappa shape index (κ1) is 13.7. The van der Waals surface area contributed by atoms with Gasteiger partial charge in [-0.25, -0.2) is 4.98 Å². The molecule has 2 rings (SSSR count). The highest BCUT2D eigenvalue weighted by Gasteiger charge is 2.25. The van der Waals surface area contributed by atoms with Gasteiger partial charge in [-0.3, -0.25) is 0 Å². The maximum absolute atomic E-state index is 9.13. The van der Waals surface area contributed by atoms with Crippen molar-refractivity contribution in [2.45, 2.75) is 31.7 Å². The zero-order valence-corrected chi connectivity index (χ0v) is 11.6. The molecule has 1 fully saturated rings. The summed E-state index contributed by atoms with van der Waals surface area (Å²) in [6, 6.07) is 1.90. The molecule has 1 aromatic heterocycles. The van der Waals surface area contributed by atoms with E-state index in [0.717, 1.165) is 25.8 Å². The summed E-state index contributed by atoms with van der Waals surface area (Å²) in [4.78, 5) is 6.42. The highest BCUT2D eigenvalue weighted by molar-refractivity contribution is 6.37. The Morgan fingerprint density at radius 1 is 1.39 bits per heavy atom. The van der Waals surface area contributed by atoms with E-state index >= 15 is 0 Å². The SMILES string of the molecule is Nc1nc(N2CCCCC2CCO)c(Cl)cc1Cl. The Morgan fingerprint density at radius 3 is 2.89 bits per heavy atom. The number of nitrogens with two attached hydrogens (primary N) is 1. The molecular formula is C12H17Cl2N3O. The van der Waals surface area contributed by atoms with E-state index in [1.54, 1.807) is 6.07 Å². The molecule has 3 N–H and O–H groups in total. The van der Waals surface area contributed by atoms with Crippen LogP contribution in [0.25, 0.3) is 0 Å². The van der Waals surface area contributed by atoms with Crippen LogP contribution < -0.4 is 10.6 Å². The predicted molar refractivity (Wildman–Crippen MR) is 75.4 cm³/mol. The lowest BCUT2D eigenvalue weighted by atomic mass is 9.99. The highest BCUT2D eigenvalue weighted by Crippen LogP contribution is 2.34. The van der Waals surface area contributed by atoms with Gasteiger partial charge >= 0.3 is 0 Å². The van der Waals surface area contributed by atoms with Gasteiger partial charge < -0.3 is 15.7 Å². The summed E-state index contributed by atoms with van der Waals surface area (Å²) in [5.74, 6) is 0.973. The minimum Gasteiger partial charge on any atom is -0.396 e. The van der Waals surface area contributed by atoms with E-state index < -0.39 is 0 Å². The Bertz CT molecular complexity index is 426. The molecule has 0 spiro atoms. The van der Waals surface area contributed by atoms with Crippen molar-refractivity contribution in [2.24, 2.45) is 0 Å². The number of hydrogen-bond acceptors (Lipinski definition) is 4. The van der Waals surface area contributed by atoms with Crippen molar-refractivity contribution in [3.63, 3.8) is 0 Å². The third-order valence-electron chi connectivity index (χ3n) is 3.30. The summed E-state index contributed by atoms with van der Waals surface area (Å²) in [7, 11) is 0.